The summed E-state index contributed by atoms with van der Waals surface area (Å²) < 4.78 is 7.19. The standard InChI is InChI=1S/C12H20N4O2/c1-3-16-11(9(18-2)7-15-16)10-8(12(13)17)5-4-6-14-10/h7-8,10,14H,3-6H2,1-2H3,(H2,13,17). The van der Waals surface area contributed by atoms with Gasteiger partial charge in [-0.05, 0) is 26.3 Å². The Labute approximate surface area is 106 Å². The minimum Gasteiger partial charge on any atom is -0.493 e. The molecule has 2 unspecified atom stereocenters. The summed E-state index contributed by atoms with van der Waals surface area (Å²) in [5.74, 6) is 0.246. The predicted molar refractivity (Wildman–Crippen MR) is 67.1 cm³/mol. The number of carbonyl (C=O) groups is 1. The largest absolute Gasteiger partial charge is 0.493 e. The van der Waals surface area contributed by atoms with Crippen molar-refractivity contribution in [2.75, 3.05) is 13.7 Å². The number of ether oxygens (including phenoxy) is 1. The van der Waals surface area contributed by atoms with Crippen LogP contribution < -0.4 is 15.8 Å². The van der Waals surface area contributed by atoms with Crippen LogP contribution in [0.15, 0.2) is 6.20 Å². The van der Waals surface area contributed by atoms with Gasteiger partial charge in [-0.15, -0.1) is 0 Å². The lowest BCUT2D eigenvalue weighted by molar-refractivity contribution is -0.123. The van der Waals surface area contributed by atoms with Crippen LogP contribution in [0.3, 0.4) is 0 Å². The summed E-state index contributed by atoms with van der Waals surface area (Å²) in [6.07, 6.45) is 3.46. The number of amides is 1. The number of primary amides is 1. The number of aromatic nitrogens is 2. The second-order valence-corrected chi connectivity index (χ2v) is 4.50. The van der Waals surface area contributed by atoms with Crippen molar-refractivity contribution in [1.29, 1.82) is 0 Å². The Morgan fingerprint density at radius 3 is 3.11 bits per heavy atom. The van der Waals surface area contributed by atoms with Crippen molar-refractivity contribution in [3.63, 3.8) is 0 Å². The van der Waals surface area contributed by atoms with E-state index in [2.05, 4.69) is 10.4 Å². The molecule has 6 nitrogen and oxygen atoms in total. The predicted octanol–water partition coefficient (Wildman–Crippen LogP) is 0.438. The maximum absolute atomic E-state index is 11.6. The van der Waals surface area contributed by atoms with E-state index in [1.165, 1.54) is 0 Å². The number of aryl methyl sites for hydroxylation is 1. The molecule has 18 heavy (non-hydrogen) atoms. The zero-order valence-electron chi connectivity index (χ0n) is 10.8. The van der Waals surface area contributed by atoms with E-state index >= 15 is 0 Å². The first-order chi connectivity index (χ1) is 8.69. The fourth-order valence-corrected chi connectivity index (χ4v) is 2.58. The van der Waals surface area contributed by atoms with Crippen molar-refractivity contribution >= 4 is 5.91 Å². The first-order valence-corrected chi connectivity index (χ1v) is 6.31. The van der Waals surface area contributed by atoms with Gasteiger partial charge in [-0.2, -0.15) is 5.10 Å². The number of hydrogen-bond donors (Lipinski definition) is 2. The number of carbonyl (C=O) groups excluding carboxylic acids is 1. The van der Waals surface area contributed by atoms with Crippen LogP contribution >= 0.6 is 0 Å². The second-order valence-electron chi connectivity index (χ2n) is 4.50. The molecule has 1 aromatic heterocycles. The third-order valence-electron chi connectivity index (χ3n) is 3.48. The lowest BCUT2D eigenvalue weighted by Gasteiger charge is -2.31. The molecule has 0 saturated carbocycles. The Kier molecular flexibility index (Phi) is 3.86. The molecule has 3 N–H and O–H groups in total. The molecule has 1 aliphatic rings. The van der Waals surface area contributed by atoms with Gasteiger partial charge in [0, 0.05) is 6.54 Å². The molecular weight excluding hydrogens is 232 g/mol. The summed E-state index contributed by atoms with van der Waals surface area (Å²) in [5, 5.41) is 7.63. The minimum atomic E-state index is -0.266. The number of nitrogens with two attached hydrogens (primary N) is 1. The Hall–Kier alpha value is -1.56. The van der Waals surface area contributed by atoms with E-state index in [0.29, 0.717) is 5.75 Å². The van der Waals surface area contributed by atoms with Gasteiger partial charge in [-0.3, -0.25) is 9.48 Å². The van der Waals surface area contributed by atoms with E-state index in [9.17, 15) is 4.79 Å². The molecule has 2 heterocycles. The second kappa shape index (κ2) is 5.39. The van der Waals surface area contributed by atoms with Crippen molar-refractivity contribution in [3.8, 4) is 5.75 Å². The maximum Gasteiger partial charge on any atom is 0.222 e. The third kappa shape index (κ3) is 2.20. The highest BCUT2D eigenvalue weighted by molar-refractivity contribution is 5.77. The van der Waals surface area contributed by atoms with Gasteiger partial charge in [0.05, 0.1) is 31.0 Å². The quantitative estimate of drug-likeness (QED) is 0.814. The first kappa shape index (κ1) is 12.9. The van der Waals surface area contributed by atoms with Crippen LogP contribution in [0.5, 0.6) is 5.75 Å². The van der Waals surface area contributed by atoms with Crippen molar-refractivity contribution in [1.82, 2.24) is 15.1 Å². The molecule has 100 valence electrons. The van der Waals surface area contributed by atoms with E-state index < -0.39 is 0 Å². The highest BCUT2D eigenvalue weighted by Crippen LogP contribution is 2.34. The molecule has 1 aliphatic heterocycles. The highest BCUT2D eigenvalue weighted by Gasteiger charge is 2.34. The fraction of sp³-hybridized carbons (Fsp3) is 0.667. The molecule has 1 saturated heterocycles. The molecule has 1 aromatic rings. The van der Waals surface area contributed by atoms with Crippen molar-refractivity contribution in [2.45, 2.75) is 32.4 Å². The van der Waals surface area contributed by atoms with Crippen LogP contribution in [-0.2, 0) is 11.3 Å². The van der Waals surface area contributed by atoms with E-state index in [1.54, 1.807) is 13.3 Å². The number of rotatable bonds is 4. The molecule has 2 atom stereocenters. The van der Waals surface area contributed by atoms with Crippen LogP contribution in [0.25, 0.3) is 0 Å². The molecule has 0 spiro atoms. The van der Waals surface area contributed by atoms with Gasteiger partial charge >= 0.3 is 0 Å². The zero-order chi connectivity index (χ0) is 13.1. The van der Waals surface area contributed by atoms with Crippen LogP contribution in [0, 0.1) is 5.92 Å². The summed E-state index contributed by atoms with van der Waals surface area (Å²) in [4.78, 5) is 11.6. The van der Waals surface area contributed by atoms with E-state index in [4.69, 9.17) is 10.5 Å². The maximum atomic E-state index is 11.6. The van der Waals surface area contributed by atoms with Gasteiger partial charge in [0.1, 0.15) is 0 Å². The van der Waals surface area contributed by atoms with Crippen molar-refractivity contribution in [3.05, 3.63) is 11.9 Å². The Bertz CT molecular complexity index is 408. The summed E-state index contributed by atoms with van der Waals surface area (Å²) in [6, 6.07) is -0.103. The van der Waals surface area contributed by atoms with E-state index in [1.807, 2.05) is 11.6 Å². The molecule has 0 aromatic carbocycles. The summed E-state index contributed by atoms with van der Waals surface area (Å²) in [5.41, 5.74) is 6.42. The number of piperidine rings is 1. The van der Waals surface area contributed by atoms with Gasteiger partial charge in [-0.25, -0.2) is 0 Å². The third-order valence-corrected chi connectivity index (χ3v) is 3.48. The van der Waals surface area contributed by atoms with Crippen LogP contribution in [0.1, 0.15) is 31.5 Å². The van der Waals surface area contributed by atoms with Crippen molar-refractivity contribution in [2.24, 2.45) is 11.7 Å². The van der Waals surface area contributed by atoms with Gasteiger partial charge in [-0.1, -0.05) is 0 Å². The van der Waals surface area contributed by atoms with Gasteiger partial charge in [0.25, 0.3) is 0 Å². The van der Waals surface area contributed by atoms with Crippen LogP contribution in [0.2, 0.25) is 0 Å². The molecule has 0 bridgehead atoms. The monoisotopic (exact) mass is 252 g/mol. The minimum absolute atomic E-state index is 0.103. The number of nitrogens with one attached hydrogen (secondary N) is 1. The zero-order valence-corrected chi connectivity index (χ0v) is 10.8. The van der Waals surface area contributed by atoms with Crippen molar-refractivity contribution < 1.29 is 9.53 Å². The Morgan fingerprint density at radius 2 is 2.50 bits per heavy atom. The van der Waals surface area contributed by atoms with Gasteiger partial charge in [0.15, 0.2) is 5.75 Å². The molecule has 2 rings (SSSR count). The van der Waals surface area contributed by atoms with E-state index in [-0.39, 0.29) is 17.9 Å². The average molecular weight is 252 g/mol. The molecule has 0 aliphatic carbocycles. The highest BCUT2D eigenvalue weighted by atomic mass is 16.5. The molecular formula is C12H20N4O2. The molecule has 0 radical (unpaired) electrons. The van der Waals surface area contributed by atoms with Gasteiger partial charge < -0.3 is 15.8 Å². The summed E-state index contributed by atoms with van der Waals surface area (Å²) in [7, 11) is 1.61. The molecule has 1 amide bonds. The Morgan fingerprint density at radius 1 is 1.72 bits per heavy atom. The SMILES string of the molecule is CCn1ncc(OC)c1C1NCCCC1C(N)=O. The number of hydrogen-bond acceptors (Lipinski definition) is 4. The van der Waals surface area contributed by atoms with E-state index in [0.717, 1.165) is 31.6 Å². The first-order valence-electron chi connectivity index (χ1n) is 6.31. The lowest BCUT2D eigenvalue weighted by atomic mass is 9.88. The van der Waals surface area contributed by atoms with Gasteiger partial charge in [0.2, 0.25) is 5.91 Å². The number of nitrogens with zero attached hydrogens (tertiary/aromatic N) is 2. The summed E-state index contributed by atoms with van der Waals surface area (Å²) in [6.45, 7) is 3.63. The smallest absolute Gasteiger partial charge is 0.222 e. The average Bonchev–Trinajstić information content (AvgIpc) is 2.81. The summed E-state index contributed by atoms with van der Waals surface area (Å²) >= 11 is 0. The molecule has 1 fully saturated rings. The van der Waals surface area contributed by atoms with Crippen LogP contribution in [-0.4, -0.2) is 29.3 Å². The lowest BCUT2D eigenvalue weighted by Crippen LogP contribution is -2.42. The normalized spacial score (nSPS) is 23.9. The Balaban J connectivity index is 2.38. The molecule has 6 heteroatoms. The number of methoxy groups -OCH3 is 1. The van der Waals surface area contributed by atoms with Crippen LogP contribution in [0.4, 0.5) is 0 Å². The topological polar surface area (TPSA) is 82.2 Å². The fourth-order valence-electron chi connectivity index (χ4n) is 2.58.